The van der Waals surface area contributed by atoms with Gasteiger partial charge in [0, 0.05) is 10.7 Å². The fourth-order valence-corrected chi connectivity index (χ4v) is 2.52. The molecule has 0 atom stereocenters. The van der Waals surface area contributed by atoms with Gasteiger partial charge in [-0.1, -0.05) is 42.5 Å². The van der Waals surface area contributed by atoms with Crippen molar-refractivity contribution in [2.45, 2.75) is 17.7 Å². The molecule has 0 fully saturated rings. The van der Waals surface area contributed by atoms with Crippen molar-refractivity contribution >= 4 is 19.7 Å². The average molecular weight is 281 g/mol. The Bertz CT molecular complexity index is 604. The van der Waals surface area contributed by atoms with Gasteiger partial charge in [-0.25, -0.2) is 8.42 Å². The Kier molecular flexibility index (Phi) is 4.04. The molecule has 4 heteroatoms. The number of halogens is 1. The average Bonchev–Trinajstić information content (AvgIpc) is 2.37. The fraction of sp³-hybridized carbons (Fsp3) is 0.143. The maximum absolute atomic E-state index is 11.1. The van der Waals surface area contributed by atoms with Crippen LogP contribution in [0.5, 0.6) is 0 Å². The maximum atomic E-state index is 11.1. The highest BCUT2D eigenvalue weighted by Crippen LogP contribution is 2.16. The van der Waals surface area contributed by atoms with Crippen molar-refractivity contribution < 1.29 is 8.42 Å². The maximum Gasteiger partial charge on any atom is 0.261 e. The smallest absolute Gasteiger partial charge is 0.207 e. The zero-order valence-corrected chi connectivity index (χ0v) is 11.3. The zero-order chi connectivity index (χ0) is 13.0. The number of hydrogen-bond donors (Lipinski definition) is 0. The summed E-state index contributed by atoms with van der Waals surface area (Å²) in [6, 6.07) is 16.9. The van der Waals surface area contributed by atoms with E-state index in [1.807, 2.05) is 18.2 Å². The van der Waals surface area contributed by atoms with Gasteiger partial charge in [-0.05, 0) is 36.1 Å². The van der Waals surface area contributed by atoms with Crippen molar-refractivity contribution in [3.63, 3.8) is 0 Å². The van der Waals surface area contributed by atoms with Gasteiger partial charge in [-0.3, -0.25) is 0 Å². The molecule has 0 spiro atoms. The van der Waals surface area contributed by atoms with Crippen LogP contribution in [0.2, 0.25) is 0 Å². The standard InChI is InChI=1S/C14H13ClO2S/c15-18(16,17)14-10-8-13(9-11-14)7-6-12-4-2-1-3-5-12/h1-5,8-11H,6-7H2. The van der Waals surface area contributed by atoms with E-state index in [4.69, 9.17) is 10.7 Å². The first-order chi connectivity index (χ1) is 8.55. The number of aryl methyl sites for hydroxylation is 2. The van der Waals surface area contributed by atoms with E-state index in [1.165, 1.54) is 5.56 Å². The summed E-state index contributed by atoms with van der Waals surface area (Å²) in [6.07, 6.45) is 1.82. The molecule has 2 aromatic rings. The molecule has 0 aliphatic heterocycles. The molecule has 0 unspecified atom stereocenters. The highest BCUT2D eigenvalue weighted by Gasteiger charge is 2.08. The van der Waals surface area contributed by atoms with Crippen molar-refractivity contribution in [3.05, 3.63) is 65.7 Å². The minimum Gasteiger partial charge on any atom is -0.207 e. The van der Waals surface area contributed by atoms with Gasteiger partial charge in [0.1, 0.15) is 0 Å². The van der Waals surface area contributed by atoms with Gasteiger partial charge in [0.15, 0.2) is 0 Å². The van der Waals surface area contributed by atoms with Crippen LogP contribution in [0.1, 0.15) is 11.1 Å². The number of rotatable bonds is 4. The topological polar surface area (TPSA) is 34.1 Å². The predicted molar refractivity (Wildman–Crippen MR) is 73.3 cm³/mol. The van der Waals surface area contributed by atoms with Gasteiger partial charge in [0.25, 0.3) is 9.05 Å². The van der Waals surface area contributed by atoms with Crippen molar-refractivity contribution in [1.82, 2.24) is 0 Å². The highest BCUT2D eigenvalue weighted by molar-refractivity contribution is 8.13. The summed E-state index contributed by atoms with van der Waals surface area (Å²) >= 11 is 0. The summed E-state index contributed by atoms with van der Waals surface area (Å²) in [6.45, 7) is 0. The van der Waals surface area contributed by atoms with Crippen LogP contribution < -0.4 is 0 Å². The van der Waals surface area contributed by atoms with E-state index in [0.29, 0.717) is 0 Å². The van der Waals surface area contributed by atoms with Crippen LogP contribution in [0.15, 0.2) is 59.5 Å². The first-order valence-corrected chi connectivity index (χ1v) is 7.94. The molecule has 0 N–H and O–H groups in total. The van der Waals surface area contributed by atoms with Gasteiger partial charge in [-0.2, -0.15) is 0 Å². The van der Waals surface area contributed by atoms with E-state index in [0.717, 1.165) is 18.4 Å². The lowest BCUT2D eigenvalue weighted by Gasteiger charge is -2.03. The Morgan fingerprint density at radius 1 is 0.778 bits per heavy atom. The molecule has 0 bridgehead atoms. The Balaban J connectivity index is 2.03. The lowest BCUT2D eigenvalue weighted by molar-refractivity contribution is 0.609. The summed E-state index contributed by atoms with van der Waals surface area (Å²) in [7, 11) is 1.64. The minimum atomic E-state index is -3.61. The van der Waals surface area contributed by atoms with Crippen molar-refractivity contribution in [2.75, 3.05) is 0 Å². The molecule has 0 amide bonds. The third-order valence-electron chi connectivity index (χ3n) is 2.75. The van der Waals surface area contributed by atoms with Crippen LogP contribution in [0, 0.1) is 0 Å². The molecule has 0 aromatic heterocycles. The van der Waals surface area contributed by atoms with Gasteiger partial charge in [0.05, 0.1) is 4.90 Å². The van der Waals surface area contributed by atoms with Crippen LogP contribution in [0.25, 0.3) is 0 Å². The normalized spacial score (nSPS) is 11.4. The zero-order valence-electron chi connectivity index (χ0n) is 9.71. The molecule has 0 aliphatic rings. The van der Waals surface area contributed by atoms with Crippen molar-refractivity contribution in [3.8, 4) is 0 Å². The van der Waals surface area contributed by atoms with Gasteiger partial charge < -0.3 is 0 Å². The Morgan fingerprint density at radius 2 is 1.28 bits per heavy atom. The first kappa shape index (κ1) is 13.1. The lowest BCUT2D eigenvalue weighted by Crippen LogP contribution is -1.93. The lowest BCUT2D eigenvalue weighted by atomic mass is 10.0. The Labute approximate surface area is 112 Å². The Hall–Kier alpha value is -1.32. The molecule has 94 valence electrons. The van der Waals surface area contributed by atoms with E-state index in [-0.39, 0.29) is 4.90 Å². The summed E-state index contributed by atoms with van der Waals surface area (Å²) < 4.78 is 22.2. The molecule has 0 heterocycles. The monoisotopic (exact) mass is 280 g/mol. The molecule has 0 saturated heterocycles. The third-order valence-corrected chi connectivity index (χ3v) is 4.12. The molecule has 0 saturated carbocycles. The Morgan fingerprint density at radius 3 is 1.78 bits per heavy atom. The van der Waals surface area contributed by atoms with Crippen LogP contribution in [-0.4, -0.2) is 8.42 Å². The van der Waals surface area contributed by atoms with E-state index >= 15 is 0 Å². The van der Waals surface area contributed by atoms with Crippen LogP contribution in [-0.2, 0) is 21.9 Å². The summed E-state index contributed by atoms with van der Waals surface area (Å²) in [5, 5.41) is 0. The second kappa shape index (κ2) is 5.55. The molecule has 2 nitrogen and oxygen atoms in total. The number of hydrogen-bond acceptors (Lipinski definition) is 2. The van der Waals surface area contributed by atoms with E-state index in [9.17, 15) is 8.42 Å². The van der Waals surface area contributed by atoms with E-state index in [1.54, 1.807) is 24.3 Å². The largest absolute Gasteiger partial charge is 0.261 e. The molecule has 0 radical (unpaired) electrons. The second-order valence-corrected chi connectivity index (χ2v) is 6.63. The molecule has 2 rings (SSSR count). The van der Waals surface area contributed by atoms with Crippen LogP contribution in [0.4, 0.5) is 0 Å². The van der Waals surface area contributed by atoms with Gasteiger partial charge in [-0.15, -0.1) is 0 Å². The SMILES string of the molecule is O=S(=O)(Cl)c1ccc(CCc2ccccc2)cc1. The van der Waals surface area contributed by atoms with Crippen molar-refractivity contribution in [1.29, 1.82) is 0 Å². The third kappa shape index (κ3) is 3.59. The molecule has 18 heavy (non-hydrogen) atoms. The minimum absolute atomic E-state index is 0.146. The summed E-state index contributed by atoms with van der Waals surface area (Å²) in [5.74, 6) is 0. The second-order valence-electron chi connectivity index (χ2n) is 4.07. The van der Waals surface area contributed by atoms with E-state index < -0.39 is 9.05 Å². The van der Waals surface area contributed by atoms with E-state index in [2.05, 4.69) is 12.1 Å². The molecule has 2 aromatic carbocycles. The highest BCUT2D eigenvalue weighted by atomic mass is 35.7. The predicted octanol–water partition coefficient (Wildman–Crippen LogP) is 3.40. The quantitative estimate of drug-likeness (QED) is 0.805. The number of benzene rings is 2. The van der Waals surface area contributed by atoms with Gasteiger partial charge in [0.2, 0.25) is 0 Å². The molecule has 0 aliphatic carbocycles. The molecular weight excluding hydrogens is 268 g/mol. The van der Waals surface area contributed by atoms with Crippen LogP contribution >= 0.6 is 10.7 Å². The molecular formula is C14H13ClO2S. The van der Waals surface area contributed by atoms with Gasteiger partial charge >= 0.3 is 0 Å². The first-order valence-electron chi connectivity index (χ1n) is 5.63. The van der Waals surface area contributed by atoms with Crippen molar-refractivity contribution in [2.24, 2.45) is 0 Å². The summed E-state index contributed by atoms with van der Waals surface area (Å²) in [4.78, 5) is 0.146. The summed E-state index contributed by atoms with van der Waals surface area (Å²) in [5.41, 5.74) is 2.37. The van der Waals surface area contributed by atoms with Crippen LogP contribution in [0.3, 0.4) is 0 Å². The fourth-order valence-electron chi connectivity index (χ4n) is 1.75.